The summed E-state index contributed by atoms with van der Waals surface area (Å²) in [7, 11) is -3.92. The van der Waals surface area contributed by atoms with Crippen LogP contribution in [-0.2, 0) is 34.0 Å². The van der Waals surface area contributed by atoms with Crippen LogP contribution < -0.4 is 26.4 Å². The van der Waals surface area contributed by atoms with Gasteiger partial charge in [-0.1, -0.05) is 0 Å². The molecule has 0 saturated heterocycles. The van der Waals surface area contributed by atoms with E-state index < -0.39 is 77.7 Å². The van der Waals surface area contributed by atoms with E-state index in [1.54, 1.807) is 0 Å². The summed E-state index contributed by atoms with van der Waals surface area (Å²) in [4.78, 5) is 68.5. The molecule has 1 aromatic carbocycles. The lowest BCUT2D eigenvalue weighted by molar-refractivity contribution is -0.143. The van der Waals surface area contributed by atoms with E-state index in [4.69, 9.17) is 15.4 Å². The van der Waals surface area contributed by atoms with E-state index in [2.05, 4.69) is 21.3 Å². The zero-order chi connectivity index (χ0) is 25.9. The number of sulfonamides is 1. The minimum atomic E-state index is -3.92. The van der Waals surface area contributed by atoms with Gasteiger partial charge in [0.05, 0.1) is 24.5 Å². The Bertz CT molecular complexity index is 1060. The van der Waals surface area contributed by atoms with Gasteiger partial charge in [0.25, 0.3) is 5.91 Å². The first-order valence-electron chi connectivity index (χ1n) is 9.48. The number of hydrogen-bond donors (Lipinski definition) is 7. The number of primary sulfonamides is 1. The largest absolute Gasteiger partial charge is 0.481 e. The molecular weight excluding hydrogens is 478 g/mol. The van der Waals surface area contributed by atoms with Crippen molar-refractivity contribution in [3.63, 3.8) is 0 Å². The highest BCUT2D eigenvalue weighted by atomic mass is 32.2. The summed E-state index contributed by atoms with van der Waals surface area (Å²) >= 11 is 0. The lowest BCUT2D eigenvalue weighted by atomic mass is 10.1. The van der Waals surface area contributed by atoms with Crippen molar-refractivity contribution in [3.05, 3.63) is 29.8 Å². The fraction of sp³-hybridized carbons (Fsp3) is 0.333. The normalized spacial score (nSPS) is 11.6. The molecule has 16 heteroatoms. The van der Waals surface area contributed by atoms with E-state index in [1.165, 1.54) is 12.1 Å². The summed E-state index contributed by atoms with van der Waals surface area (Å²) in [5.41, 5.74) is 0.0620. The molecule has 0 bridgehead atoms. The Morgan fingerprint density at radius 3 is 1.79 bits per heavy atom. The van der Waals surface area contributed by atoms with Crippen LogP contribution >= 0.6 is 0 Å². The van der Waals surface area contributed by atoms with E-state index in [0.29, 0.717) is 0 Å². The number of hydrogen-bond acceptors (Lipinski definition) is 8. The molecule has 1 aromatic rings. The first-order chi connectivity index (χ1) is 15.8. The number of nitrogens with two attached hydrogens (primary N) is 1. The van der Waals surface area contributed by atoms with Crippen LogP contribution in [-0.4, -0.2) is 79.9 Å². The zero-order valence-electron chi connectivity index (χ0n) is 17.6. The summed E-state index contributed by atoms with van der Waals surface area (Å²) in [6.45, 7) is -1.67. The molecule has 1 atom stereocenters. The van der Waals surface area contributed by atoms with Gasteiger partial charge >= 0.3 is 11.9 Å². The fourth-order valence-corrected chi connectivity index (χ4v) is 2.83. The van der Waals surface area contributed by atoms with Gasteiger partial charge in [-0.15, -0.1) is 0 Å². The van der Waals surface area contributed by atoms with Gasteiger partial charge in [0.1, 0.15) is 6.04 Å². The number of carbonyl (C=O) groups is 6. The van der Waals surface area contributed by atoms with Crippen molar-refractivity contribution in [2.75, 3.05) is 19.6 Å². The molecular formula is C18H23N5O10S. The van der Waals surface area contributed by atoms with Crippen LogP contribution in [0.25, 0.3) is 0 Å². The summed E-state index contributed by atoms with van der Waals surface area (Å²) in [6, 6.07) is 3.19. The van der Waals surface area contributed by atoms with E-state index >= 15 is 0 Å². The third-order valence-corrected chi connectivity index (χ3v) is 4.96. The lowest BCUT2D eigenvalue weighted by Crippen LogP contribution is -2.47. The minimum Gasteiger partial charge on any atom is -0.481 e. The SMILES string of the molecule is NS(=O)(=O)c1ccc(C(=O)NCC(=O)NCC(=O)NCC(=O)N[C@@H](CCC(=O)O)C(=O)O)cc1. The molecule has 0 saturated carbocycles. The second-order valence-corrected chi connectivity index (χ2v) is 8.26. The van der Waals surface area contributed by atoms with Crippen molar-refractivity contribution in [2.24, 2.45) is 5.14 Å². The van der Waals surface area contributed by atoms with E-state index in [9.17, 15) is 37.2 Å². The average molecular weight is 501 g/mol. The molecule has 0 aromatic heterocycles. The molecule has 8 N–H and O–H groups in total. The first-order valence-corrected chi connectivity index (χ1v) is 11.0. The topological polar surface area (TPSA) is 251 Å². The van der Waals surface area contributed by atoms with E-state index in [1.807, 2.05) is 0 Å². The van der Waals surface area contributed by atoms with Crippen molar-refractivity contribution in [1.82, 2.24) is 21.3 Å². The number of nitrogens with one attached hydrogen (secondary N) is 4. The standard InChI is InChI=1S/C18H23N5O10S/c19-34(32,33)11-3-1-10(2-4-11)17(29)22-8-14(25)20-7-13(24)21-9-15(26)23-12(18(30)31)5-6-16(27)28/h1-4,12H,5-9H2,(H,20,25)(H,21,24)(H,22,29)(H,23,26)(H,27,28)(H,30,31)(H2,19,32,33)/t12-/m0/s1. The van der Waals surface area contributed by atoms with Crippen LogP contribution in [0.4, 0.5) is 0 Å². The molecule has 0 heterocycles. The van der Waals surface area contributed by atoms with Gasteiger partial charge in [0.2, 0.25) is 27.7 Å². The second kappa shape index (κ2) is 12.9. The van der Waals surface area contributed by atoms with Crippen LogP contribution in [0, 0.1) is 0 Å². The minimum absolute atomic E-state index is 0.0620. The zero-order valence-corrected chi connectivity index (χ0v) is 18.4. The Balaban J connectivity index is 2.36. The predicted octanol–water partition coefficient (Wildman–Crippen LogP) is -3.27. The third kappa shape index (κ3) is 10.5. The first kappa shape index (κ1) is 28.0. The molecule has 186 valence electrons. The summed E-state index contributed by atoms with van der Waals surface area (Å²) in [6.07, 6.45) is -0.824. The van der Waals surface area contributed by atoms with Gasteiger partial charge in [0.15, 0.2) is 0 Å². The quantitative estimate of drug-likeness (QED) is 0.142. The van der Waals surface area contributed by atoms with Crippen LogP contribution in [0.15, 0.2) is 29.2 Å². The second-order valence-electron chi connectivity index (χ2n) is 6.70. The average Bonchev–Trinajstić information content (AvgIpc) is 2.76. The lowest BCUT2D eigenvalue weighted by Gasteiger charge is -2.14. The molecule has 0 unspecified atom stereocenters. The van der Waals surface area contributed by atoms with Crippen molar-refractivity contribution >= 4 is 45.6 Å². The molecule has 4 amide bonds. The number of benzene rings is 1. The maximum absolute atomic E-state index is 12.0. The van der Waals surface area contributed by atoms with Gasteiger partial charge in [-0.2, -0.15) is 0 Å². The predicted molar refractivity (Wildman–Crippen MR) is 113 cm³/mol. The number of carboxylic acid groups (broad SMARTS) is 2. The van der Waals surface area contributed by atoms with Crippen LogP contribution in [0.1, 0.15) is 23.2 Å². The Kier molecular flexibility index (Phi) is 10.6. The van der Waals surface area contributed by atoms with Gasteiger partial charge in [0, 0.05) is 12.0 Å². The van der Waals surface area contributed by atoms with Gasteiger partial charge in [-0.05, 0) is 30.7 Å². The monoisotopic (exact) mass is 501 g/mol. The Morgan fingerprint density at radius 2 is 1.32 bits per heavy atom. The van der Waals surface area contributed by atoms with Gasteiger partial charge < -0.3 is 31.5 Å². The number of amides is 4. The van der Waals surface area contributed by atoms with E-state index in [-0.39, 0.29) is 16.9 Å². The molecule has 0 aliphatic rings. The molecule has 0 spiro atoms. The highest BCUT2D eigenvalue weighted by Crippen LogP contribution is 2.08. The van der Waals surface area contributed by atoms with Crippen molar-refractivity contribution < 1.29 is 47.4 Å². The van der Waals surface area contributed by atoms with Gasteiger partial charge in [-0.25, -0.2) is 18.4 Å². The van der Waals surface area contributed by atoms with Crippen molar-refractivity contribution in [1.29, 1.82) is 0 Å². The molecule has 34 heavy (non-hydrogen) atoms. The molecule has 0 aliphatic heterocycles. The maximum Gasteiger partial charge on any atom is 0.326 e. The third-order valence-electron chi connectivity index (χ3n) is 4.03. The molecule has 0 radical (unpaired) electrons. The molecule has 15 nitrogen and oxygen atoms in total. The summed E-state index contributed by atoms with van der Waals surface area (Å²) in [5, 5.41) is 31.1. The number of carboxylic acids is 2. The van der Waals surface area contributed by atoms with E-state index in [0.717, 1.165) is 12.1 Å². The van der Waals surface area contributed by atoms with Crippen LogP contribution in [0.3, 0.4) is 0 Å². The summed E-state index contributed by atoms with van der Waals surface area (Å²) in [5.74, 6) is -5.76. The number of rotatable bonds is 13. The highest BCUT2D eigenvalue weighted by Gasteiger charge is 2.21. The van der Waals surface area contributed by atoms with Crippen LogP contribution in [0.2, 0.25) is 0 Å². The molecule has 0 fully saturated rings. The van der Waals surface area contributed by atoms with Crippen molar-refractivity contribution in [3.8, 4) is 0 Å². The number of aliphatic carboxylic acids is 2. The Hall–Kier alpha value is -4.05. The Morgan fingerprint density at radius 1 is 0.824 bits per heavy atom. The molecule has 0 aliphatic carbocycles. The highest BCUT2D eigenvalue weighted by molar-refractivity contribution is 7.89. The van der Waals surface area contributed by atoms with Crippen LogP contribution in [0.5, 0.6) is 0 Å². The smallest absolute Gasteiger partial charge is 0.326 e. The molecule has 1 rings (SSSR count). The van der Waals surface area contributed by atoms with Crippen molar-refractivity contribution in [2.45, 2.75) is 23.8 Å². The Labute approximate surface area is 193 Å². The fourth-order valence-electron chi connectivity index (χ4n) is 2.31. The number of carbonyl (C=O) groups excluding carboxylic acids is 4. The van der Waals surface area contributed by atoms with Gasteiger partial charge in [-0.3, -0.25) is 24.0 Å². The maximum atomic E-state index is 12.0. The summed E-state index contributed by atoms with van der Waals surface area (Å²) < 4.78 is 22.4.